The molecule has 0 radical (unpaired) electrons. The van der Waals surface area contributed by atoms with E-state index in [9.17, 15) is 0 Å². The number of aliphatic imine (C=N–C) groups is 1. The van der Waals surface area contributed by atoms with Gasteiger partial charge in [0.05, 0.1) is 0 Å². The fraction of sp³-hybridized carbons (Fsp3) is 0.438. The van der Waals surface area contributed by atoms with Gasteiger partial charge < -0.3 is 15.5 Å². The quantitative estimate of drug-likeness (QED) is 0.496. The van der Waals surface area contributed by atoms with E-state index in [1.54, 1.807) is 7.05 Å². The van der Waals surface area contributed by atoms with E-state index in [-0.39, 0.29) is 0 Å². The molecule has 5 heteroatoms. The second kappa shape index (κ2) is 8.62. The normalized spacial score (nSPS) is 15.7. The van der Waals surface area contributed by atoms with Crippen LogP contribution in [0.1, 0.15) is 5.56 Å². The third kappa shape index (κ3) is 5.01. The highest BCUT2D eigenvalue weighted by Crippen LogP contribution is 2.19. The van der Waals surface area contributed by atoms with Gasteiger partial charge in [0.15, 0.2) is 5.96 Å². The molecule has 0 atom stereocenters. The standard InChI is InChI=1S/C16H24N4S/c1-3-8-18-16(17-2)19-13-14-4-6-15(7-5-14)20-9-11-21-12-10-20/h3-7H,1,8-13H2,2H3,(H2,17,18,19). The summed E-state index contributed by atoms with van der Waals surface area (Å²) in [4.78, 5) is 6.62. The van der Waals surface area contributed by atoms with Crippen LogP contribution in [0.5, 0.6) is 0 Å². The zero-order valence-corrected chi connectivity index (χ0v) is 13.5. The van der Waals surface area contributed by atoms with E-state index >= 15 is 0 Å². The molecule has 0 aliphatic carbocycles. The molecule has 1 aliphatic rings. The molecule has 0 amide bonds. The van der Waals surface area contributed by atoms with Crippen LogP contribution in [0.2, 0.25) is 0 Å². The Balaban J connectivity index is 1.85. The highest BCUT2D eigenvalue weighted by Gasteiger charge is 2.10. The first-order valence-electron chi connectivity index (χ1n) is 7.30. The molecule has 0 unspecified atom stereocenters. The summed E-state index contributed by atoms with van der Waals surface area (Å²) >= 11 is 2.04. The molecule has 1 aromatic rings. The van der Waals surface area contributed by atoms with Gasteiger partial charge in [0.1, 0.15) is 0 Å². The number of thioether (sulfide) groups is 1. The first-order chi connectivity index (χ1) is 10.3. The number of guanidine groups is 1. The summed E-state index contributed by atoms with van der Waals surface area (Å²) in [5, 5.41) is 6.46. The molecule has 21 heavy (non-hydrogen) atoms. The van der Waals surface area contributed by atoms with Crippen LogP contribution in [0, 0.1) is 0 Å². The molecule has 2 N–H and O–H groups in total. The molecule has 0 spiro atoms. The summed E-state index contributed by atoms with van der Waals surface area (Å²) in [5.74, 6) is 3.26. The van der Waals surface area contributed by atoms with Gasteiger partial charge in [-0.15, -0.1) is 6.58 Å². The lowest BCUT2D eigenvalue weighted by atomic mass is 10.2. The van der Waals surface area contributed by atoms with E-state index < -0.39 is 0 Å². The van der Waals surface area contributed by atoms with Gasteiger partial charge in [0.25, 0.3) is 0 Å². The largest absolute Gasteiger partial charge is 0.370 e. The molecule has 114 valence electrons. The number of nitrogens with zero attached hydrogens (tertiary/aromatic N) is 2. The number of anilines is 1. The van der Waals surface area contributed by atoms with Crippen molar-refractivity contribution in [3.63, 3.8) is 0 Å². The van der Waals surface area contributed by atoms with Gasteiger partial charge >= 0.3 is 0 Å². The van der Waals surface area contributed by atoms with Gasteiger partial charge in [-0.1, -0.05) is 18.2 Å². The van der Waals surface area contributed by atoms with Crippen molar-refractivity contribution in [1.82, 2.24) is 10.6 Å². The highest BCUT2D eigenvalue weighted by molar-refractivity contribution is 7.99. The van der Waals surface area contributed by atoms with Gasteiger partial charge in [-0.05, 0) is 17.7 Å². The molecule has 1 heterocycles. The number of rotatable bonds is 5. The summed E-state index contributed by atoms with van der Waals surface area (Å²) in [6.07, 6.45) is 1.82. The van der Waals surface area contributed by atoms with E-state index in [0.29, 0.717) is 6.54 Å². The molecule has 1 fully saturated rings. The molecule has 0 saturated carbocycles. The monoisotopic (exact) mass is 304 g/mol. The van der Waals surface area contributed by atoms with E-state index in [2.05, 4.69) is 51.4 Å². The topological polar surface area (TPSA) is 39.7 Å². The first-order valence-corrected chi connectivity index (χ1v) is 8.46. The first kappa shape index (κ1) is 15.8. The minimum Gasteiger partial charge on any atom is -0.370 e. The maximum absolute atomic E-state index is 4.17. The van der Waals surface area contributed by atoms with Crippen LogP contribution < -0.4 is 15.5 Å². The lowest BCUT2D eigenvalue weighted by Gasteiger charge is -2.28. The average Bonchev–Trinajstić information content (AvgIpc) is 2.56. The van der Waals surface area contributed by atoms with Crippen molar-refractivity contribution in [2.45, 2.75) is 6.54 Å². The molecule has 4 nitrogen and oxygen atoms in total. The Morgan fingerprint density at radius 2 is 2.00 bits per heavy atom. The number of hydrogen-bond acceptors (Lipinski definition) is 3. The van der Waals surface area contributed by atoms with E-state index in [0.717, 1.165) is 25.6 Å². The Hall–Kier alpha value is -1.62. The SMILES string of the molecule is C=CCNC(=NC)NCc1ccc(N2CCSCC2)cc1. The van der Waals surface area contributed by atoms with Crippen LogP contribution in [0.3, 0.4) is 0 Å². The third-order valence-corrected chi connectivity index (χ3v) is 4.35. The van der Waals surface area contributed by atoms with Gasteiger partial charge in [-0.3, -0.25) is 4.99 Å². The molecule has 2 rings (SSSR count). The van der Waals surface area contributed by atoms with E-state index in [1.807, 2.05) is 17.8 Å². The summed E-state index contributed by atoms with van der Waals surface area (Å²) in [5.41, 5.74) is 2.58. The summed E-state index contributed by atoms with van der Waals surface area (Å²) in [7, 11) is 1.77. The maximum Gasteiger partial charge on any atom is 0.191 e. The second-order valence-corrected chi connectivity index (χ2v) is 6.09. The Kier molecular flexibility index (Phi) is 6.47. The summed E-state index contributed by atoms with van der Waals surface area (Å²) in [6, 6.07) is 8.80. The van der Waals surface area contributed by atoms with Crippen LogP contribution in [-0.4, -0.2) is 44.1 Å². The summed E-state index contributed by atoms with van der Waals surface area (Å²) in [6.45, 7) is 7.48. The predicted molar refractivity (Wildman–Crippen MR) is 94.4 cm³/mol. The van der Waals surface area contributed by atoms with E-state index in [1.165, 1.54) is 22.8 Å². The van der Waals surface area contributed by atoms with Crippen molar-refractivity contribution >= 4 is 23.4 Å². The van der Waals surface area contributed by atoms with Gasteiger partial charge in [-0.2, -0.15) is 11.8 Å². The van der Waals surface area contributed by atoms with Crippen molar-refractivity contribution in [2.24, 2.45) is 4.99 Å². The summed E-state index contributed by atoms with van der Waals surface area (Å²) < 4.78 is 0. The van der Waals surface area contributed by atoms with Crippen molar-refractivity contribution in [1.29, 1.82) is 0 Å². The predicted octanol–water partition coefficient (Wildman–Crippen LogP) is 2.09. The van der Waals surface area contributed by atoms with Crippen molar-refractivity contribution in [3.8, 4) is 0 Å². The lowest BCUT2D eigenvalue weighted by molar-refractivity contribution is 0.841. The Bertz CT molecular complexity index is 464. The Morgan fingerprint density at radius 3 is 2.62 bits per heavy atom. The lowest BCUT2D eigenvalue weighted by Crippen LogP contribution is -2.36. The second-order valence-electron chi connectivity index (χ2n) is 4.86. The number of benzene rings is 1. The van der Waals surface area contributed by atoms with Gasteiger partial charge in [-0.25, -0.2) is 0 Å². The fourth-order valence-electron chi connectivity index (χ4n) is 2.22. The highest BCUT2D eigenvalue weighted by atomic mass is 32.2. The third-order valence-electron chi connectivity index (χ3n) is 3.41. The van der Waals surface area contributed by atoms with Crippen molar-refractivity contribution < 1.29 is 0 Å². The van der Waals surface area contributed by atoms with Crippen LogP contribution >= 0.6 is 11.8 Å². The fourth-order valence-corrected chi connectivity index (χ4v) is 3.12. The van der Waals surface area contributed by atoms with Gasteiger partial charge in [0.2, 0.25) is 0 Å². The maximum atomic E-state index is 4.17. The molecular formula is C16H24N4S. The Labute approximate surface area is 131 Å². The number of nitrogens with one attached hydrogen (secondary N) is 2. The zero-order chi connectivity index (χ0) is 14.9. The molecule has 1 aliphatic heterocycles. The van der Waals surface area contributed by atoms with E-state index in [4.69, 9.17) is 0 Å². The van der Waals surface area contributed by atoms with Crippen LogP contribution in [0.15, 0.2) is 41.9 Å². The van der Waals surface area contributed by atoms with Crippen molar-refractivity contribution in [2.75, 3.05) is 43.1 Å². The Morgan fingerprint density at radius 1 is 1.29 bits per heavy atom. The average molecular weight is 304 g/mol. The smallest absolute Gasteiger partial charge is 0.191 e. The minimum absolute atomic E-state index is 0.714. The van der Waals surface area contributed by atoms with Crippen LogP contribution in [0.4, 0.5) is 5.69 Å². The van der Waals surface area contributed by atoms with Crippen LogP contribution in [-0.2, 0) is 6.54 Å². The van der Waals surface area contributed by atoms with Crippen molar-refractivity contribution in [3.05, 3.63) is 42.5 Å². The molecule has 1 aromatic carbocycles. The van der Waals surface area contributed by atoms with Gasteiger partial charge in [0, 0.05) is 50.4 Å². The molecule has 0 aromatic heterocycles. The van der Waals surface area contributed by atoms with Crippen LogP contribution in [0.25, 0.3) is 0 Å². The number of hydrogen-bond donors (Lipinski definition) is 2. The molecule has 0 bridgehead atoms. The zero-order valence-electron chi connectivity index (χ0n) is 12.6. The minimum atomic E-state index is 0.714. The molecular weight excluding hydrogens is 280 g/mol. The molecule has 1 saturated heterocycles.